The summed E-state index contributed by atoms with van der Waals surface area (Å²) in [5.41, 5.74) is 0. The summed E-state index contributed by atoms with van der Waals surface area (Å²) in [6.07, 6.45) is -4.70. The first-order chi connectivity index (χ1) is 7.22. The van der Waals surface area contributed by atoms with E-state index in [1.807, 2.05) is 0 Å². The van der Waals surface area contributed by atoms with Gasteiger partial charge in [0.15, 0.2) is 0 Å². The number of aliphatic carboxylic acids is 1. The molecule has 0 unspecified atom stereocenters. The summed E-state index contributed by atoms with van der Waals surface area (Å²) in [7, 11) is 1.25. The predicted molar refractivity (Wildman–Crippen MR) is 46.8 cm³/mol. The van der Waals surface area contributed by atoms with Crippen LogP contribution in [0.15, 0.2) is 0 Å². The van der Waals surface area contributed by atoms with Gasteiger partial charge in [0.25, 0.3) is 0 Å². The quantitative estimate of drug-likeness (QED) is 0.690. The minimum Gasteiger partial charge on any atom is -0.480 e. The van der Waals surface area contributed by atoms with Crippen molar-refractivity contribution in [1.82, 2.24) is 4.90 Å². The van der Waals surface area contributed by atoms with E-state index < -0.39 is 31.2 Å². The van der Waals surface area contributed by atoms with E-state index in [9.17, 15) is 22.8 Å². The van der Waals surface area contributed by atoms with Crippen molar-refractivity contribution in [2.45, 2.75) is 12.6 Å². The molecule has 0 radical (unpaired) electrons. The lowest BCUT2D eigenvalue weighted by Crippen LogP contribution is -2.32. The number of hydrogen-bond acceptors (Lipinski definition) is 3. The van der Waals surface area contributed by atoms with Gasteiger partial charge in [-0.3, -0.25) is 9.59 Å². The van der Waals surface area contributed by atoms with Crippen LogP contribution in [-0.2, 0) is 14.3 Å². The van der Waals surface area contributed by atoms with Crippen molar-refractivity contribution in [3.63, 3.8) is 0 Å². The third-order valence-corrected chi connectivity index (χ3v) is 1.52. The maximum atomic E-state index is 11.6. The topological polar surface area (TPSA) is 66.8 Å². The van der Waals surface area contributed by atoms with E-state index in [4.69, 9.17) is 5.11 Å². The Hall–Kier alpha value is -1.31. The van der Waals surface area contributed by atoms with Gasteiger partial charge >= 0.3 is 12.1 Å². The van der Waals surface area contributed by atoms with E-state index in [1.165, 1.54) is 7.05 Å². The molecule has 16 heavy (non-hydrogen) atoms. The summed E-state index contributed by atoms with van der Waals surface area (Å²) in [4.78, 5) is 22.2. The van der Waals surface area contributed by atoms with Gasteiger partial charge in [-0.25, -0.2) is 0 Å². The number of nitrogens with zero attached hydrogens (tertiary/aromatic N) is 1. The van der Waals surface area contributed by atoms with Gasteiger partial charge < -0.3 is 14.7 Å². The number of carboxylic acid groups (broad SMARTS) is 1. The molecule has 1 N–H and O–H groups in total. The van der Waals surface area contributed by atoms with Crippen LogP contribution in [0, 0.1) is 0 Å². The number of amides is 1. The molecule has 94 valence electrons. The van der Waals surface area contributed by atoms with Crippen molar-refractivity contribution in [2.24, 2.45) is 0 Å². The number of carbonyl (C=O) groups excluding carboxylic acids is 1. The fraction of sp³-hybridized carbons (Fsp3) is 0.750. The van der Waals surface area contributed by atoms with Crippen LogP contribution in [0.5, 0.6) is 0 Å². The van der Waals surface area contributed by atoms with Crippen LogP contribution < -0.4 is 0 Å². The van der Waals surface area contributed by atoms with E-state index in [0.29, 0.717) is 0 Å². The third kappa shape index (κ3) is 8.04. The number of carboxylic acids is 1. The molecule has 0 rings (SSSR count). The van der Waals surface area contributed by atoms with Gasteiger partial charge in [-0.2, -0.15) is 13.2 Å². The smallest absolute Gasteiger partial charge is 0.411 e. The average Bonchev–Trinajstić information content (AvgIpc) is 2.09. The van der Waals surface area contributed by atoms with Crippen molar-refractivity contribution in [2.75, 3.05) is 26.8 Å². The fourth-order valence-electron chi connectivity index (χ4n) is 0.829. The van der Waals surface area contributed by atoms with Crippen molar-refractivity contribution in [3.8, 4) is 0 Å². The Balaban J connectivity index is 3.69. The molecule has 0 aromatic carbocycles. The second kappa shape index (κ2) is 6.31. The molecule has 0 aliphatic rings. The SMILES string of the molecule is CN(CC(=O)O)C(=O)CCOCC(F)(F)F. The fourth-order valence-corrected chi connectivity index (χ4v) is 0.829. The lowest BCUT2D eigenvalue weighted by atomic mass is 10.4. The normalized spacial score (nSPS) is 11.2. The Morgan fingerprint density at radius 2 is 1.94 bits per heavy atom. The van der Waals surface area contributed by atoms with Crippen LogP contribution in [0.4, 0.5) is 13.2 Å². The number of carbonyl (C=O) groups is 2. The van der Waals surface area contributed by atoms with Crippen LogP contribution in [0.2, 0.25) is 0 Å². The molecule has 0 fully saturated rings. The van der Waals surface area contributed by atoms with Crippen molar-refractivity contribution >= 4 is 11.9 Å². The Labute approximate surface area is 89.8 Å². The highest BCUT2D eigenvalue weighted by molar-refractivity contribution is 5.81. The standard InChI is InChI=1S/C8H12F3NO4/c1-12(4-7(14)15)6(13)2-3-16-5-8(9,10)11/h2-5H2,1H3,(H,14,15). The second-order valence-electron chi connectivity index (χ2n) is 3.06. The van der Waals surface area contributed by atoms with Gasteiger partial charge in [0, 0.05) is 7.05 Å². The molecule has 0 saturated heterocycles. The molecule has 0 saturated carbocycles. The molecule has 5 nitrogen and oxygen atoms in total. The molecule has 0 heterocycles. The van der Waals surface area contributed by atoms with Crippen molar-refractivity contribution in [1.29, 1.82) is 0 Å². The van der Waals surface area contributed by atoms with Crippen molar-refractivity contribution in [3.05, 3.63) is 0 Å². The highest BCUT2D eigenvalue weighted by Gasteiger charge is 2.27. The minimum absolute atomic E-state index is 0.278. The summed E-state index contributed by atoms with van der Waals surface area (Å²) in [6, 6.07) is 0. The third-order valence-electron chi connectivity index (χ3n) is 1.52. The number of hydrogen-bond donors (Lipinski definition) is 1. The molecule has 0 aliphatic heterocycles. The van der Waals surface area contributed by atoms with Gasteiger partial charge in [-0.15, -0.1) is 0 Å². The zero-order chi connectivity index (χ0) is 12.8. The van der Waals surface area contributed by atoms with E-state index >= 15 is 0 Å². The van der Waals surface area contributed by atoms with E-state index in [2.05, 4.69) is 4.74 Å². The highest BCUT2D eigenvalue weighted by Crippen LogP contribution is 2.14. The molecule has 0 bridgehead atoms. The first-order valence-electron chi connectivity index (χ1n) is 4.32. The molecule has 1 amide bonds. The molecule has 8 heteroatoms. The second-order valence-corrected chi connectivity index (χ2v) is 3.06. The lowest BCUT2D eigenvalue weighted by molar-refractivity contribution is -0.175. The Kier molecular flexibility index (Phi) is 5.79. The monoisotopic (exact) mass is 243 g/mol. The summed E-state index contributed by atoms with van der Waals surface area (Å²) in [5, 5.41) is 8.34. The van der Waals surface area contributed by atoms with E-state index in [-0.39, 0.29) is 13.0 Å². The minimum atomic E-state index is -4.42. The summed E-state index contributed by atoms with van der Waals surface area (Å²) in [5.74, 6) is -1.77. The maximum absolute atomic E-state index is 11.6. The molecular weight excluding hydrogens is 231 g/mol. The molecule has 0 atom stereocenters. The van der Waals surface area contributed by atoms with Crippen LogP contribution >= 0.6 is 0 Å². The summed E-state index contributed by atoms with van der Waals surface area (Å²) >= 11 is 0. The zero-order valence-corrected chi connectivity index (χ0v) is 8.58. The van der Waals surface area contributed by atoms with E-state index in [1.54, 1.807) is 0 Å². The molecular formula is C8H12F3NO4. The first kappa shape index (κ1) is 14.7. The Morgan fingerprint density at radius 3 is 2.38 bits per heavy atom. The molecule has 0 aromatic heterocycles. The van der Waals surface area contributed by atoms with Crippen LogP contribution in [0.25, 0.3) is 0 Å². The van der Waals surface area contributed by atoms with Crippen LogP contribution in [0.1, 0.15) is 6.42 Å². The first-order valence-corrected chi connectivity index (χ1v) is 4.32. The Bertz CT molecular complexity index is 254. The van der Waals surface area contributed by atoms with E-state index in [0.717, 1.165) is 4.90 Å². The number of ether oxygens (including phenoxy) is 1. The molecule has 0 aliphatic carbocycles. The van der Waals surface area contributed by atoms with Gasteiger partial charge in [0.2, 0.25) is 5.91 Å². The van der Waals surface area contributed by atoms with Crippen LogP contribution in [0.3, 0.4) is 0 Å². The van der Waals surface area contributed by atoms with Gasteiger partial charge in [0.05, 0.1) is 13.0 Å². The Morgan fingerprint density at radius 1 is 1.38 bits per heavy atom. The number of likely N-dealkylation sites (N-methyl/N-ethyl adjacent to an activating group) is 1. The van der Waals surface area contributed by atoms with Gasteiger partial charge in [-0.05, 0) is 0 Å². The molecule has 0 aromatic rings. The largest absolute Gasteiger partial charge is 0.480 e. The average molecular weight is 243 g/mol. The lowest BCUT2D eigenvalue weighted by Gasteiger charge is -2.14. The van der Waals surface area contributed by atoms with Gasteiger partial charge in [0.1, 0.15) is 13.2 Å². The molecule has 0 spiro atoms. The van der Waals surface area contributed by atoms with Crippen molar-refractivity contribution < 1.29 is 32.6 Å². The maximum Gasteiger partial charge on any atom is 0.411 e. The number of alkyl halides is 3. The van der Waals surface area contributed by atoms with Gasteiger partial charge in [-0.1, -0.05) is 0 Å². The summed E-state index contributed by atoms with van der Waals surface area (Å²) in [6.45, 7) is -2.29. The predicted octanol–water partition coefficient (Wildman–Crippen LogP) is 0.498. The highest BCUT2D eigenvalue weighted by atomic mass is 19.4. The number of halogens is 3. The number of rotatable bonds is 6. The van der Waals surface area contributed by atoms with Crippen LogP contribution in [-0.4, -0.2) is 54.9 Å². The zero-order valence-electron chi connectivity index (χ0n) is 8.58. The summed E-state index contributed by atoms with van der Waals surface area (Å²) < 4.78 is 39.0.